The molecule has 0 unspecified atom stereocenters. The number of carboxylic acid groups (broad SMARTS) is 1. The summed E-state index contributed by atoms with van der Waals surface area (Å²) in [6.07, 6.45) is -0.191. The van der Waals surface area contributed by atoms with Gasteiger partial charge in [-0.05, 0) is 87.9 Å². The van der Waals surface area contributed by atoms with E-state index >= 15 is 0 Å². The number of carbonyl (C=O) groups is 1. The number of nitrogens with zero attached hydrogens (tertiary/aromatic N) is 1. The van der Waals surface area contributed by atoms with Gasteiger partial charge in [-0.2, -0.15) is 0 Å². The van der Waals surface area contributed by atoms with Crippen molar-refractivity contribution in [2.45, 2.75) is 103 Å². The predicted octanol–water partition coefficient (Wildman–Crippen LogP) is 6.13. The van der Waals surface area contributed by atoms with Gasteiger partial charge in [0.25, 0.3) is 0 Å². The zero-order valence-corrected chi connectivity index (χ0v) is 27.7. The highest BCUT2D eigenvalue weighted by Crippen LogP contribution is 2.38. The first-order valence-corrected chi connectivity index (χ1v) is 17.9. The molecule has 2 aromatic carbocycles. The lowest BCUT2D eigenvalue weighted by Crippen LogP contribution is -2.51. The Labute approximate surface area is 252 Å². The summed E-state index contributed by atoms with van der Waals surface area (Å²) in [5, 5.41) is 10.2. The van der Waals surface area contributed by atoms with Crippen LogP contribution < -0.4 is 14.9 Å². The molecule has 1 N–H and O–H groups in total. The Kier molecular flexibility index (Phi) is 9.43. The lowest BCUT2D eigenvalue weighted by atomic mass is 9.77. The summed E-state index contributed by atoms with van der Waals surface area (Å²) < 4.78 is 31.5. The molecule has 1 amide bonds. The molecule has 2 heterocycles. The van der Waals surface area contributed by atoms with Crippen LogP contribution in [-0.4, -0.2) is 74.6 Å². The lowest BCUT2D eigenvalue weighted by Gasteiger charge is -2.40. The van der Waals surface area contributed by atoms with Crippen molar-refractivity contribution in [2.75, 3.05) is 19.7 Å². The Balaban J connectivity index is 1.43. The Bertz CT molecular complexity index is 1220. The molecule has 0 bridgehead atoms. The molecule has 0 spiro atoms. The second-order valence-corrected chi connectivity index (χ2v) is 18.8. The van der Waals surface area contributed by atoms with Crippen molar-refractivity contribution in [1.82, 2.24) is 4.90 Å². The third kappa shape index (κ3) is 7.51. The van der Waals surface area contributed by atoms with E-state index in [0.717, 1.165) is 28.9 Å². The molecule has 0 radical (unpaired) electrons. The molecule has 0 aliphatic carbocycles. The lowest BCUT2D eigenvalue weighted by molar-refractivity contribution is 0.00578. The minimum absolute atomic E-state index is 0.0266. The number of aryl methyl sites for hydroxylation is 1. The van der Waals surface area contributed by atoms with Gasteiger partial charge >= 0.3 is 13.2 Å². The number of amides is 1. The van der Waals surface area contributed by atoms with Crippen LogP contribution in [0.2, 0.25) is 18.1 Å². The number of para-hydroxylation sites is 1. The summed E-state index contributed by atoms with van der Waals surface area (Å²) >= 11 is 0. The molecule has 1 fully saturated rings. The van der Waals surface area contributed by atoms with Gasteiger partial charge < -0.3 is 33.2 Å². The fraction of sp³-hybridized carbons (Fsp3) is 0.594. The normalized spacial score (nSPS) is 20.4. The van der Waals surface area contributed by atoms with Gasteiger partial charge in [-0.25, -0.2) is 4.79 Å². The molecule has 4 rings (SSSR count). The van der Waals surface area contributed by atoms with Crippen molar-refractivity contribution in [3.8, 4) is 11.5 Å². The van der Waals surface area contributed by atoms with Gasteiger partial charge in [0.1, 0.15) is 24.2 Å². The average molecular weight is 598 g/mol. The van der Waals surface area contributed by atoms with Crippen LogP contribution >= 0.6 is 0 Å². The number of hydrogen-bond donors (Lipinski definition) is 1. The molecule has 0 saturated carbocycles. The summed E-state index contributed by atoms with van der Waals surface area (Å²) in [5.41, 5.74) is 1.22. The first-order chi connectivity index (χ1) is 19.5. The summed E-state index contributed by atoms with van der Waals surface area (Å²) in [6.45, 7) is 19.8. The second kappa shape index (κ2) is 12.2. The number of rotatable bonds is 10. The molecule has 8 nitrogen and oxygen atoms in total. The van der Waals surface area contributed by atoms with Crippen molar-refractivity contribution in [3.05, 3.63) is 54.1 Å². The molecule has 10 heteroatoms. The highest BCUT2D eigenvalue weighted by atomic mass is 28.4. The van der Waals surface area contributed by atoms with E-state index in [0.29, 0.717) is 6.42 Å². The van der Waals surface area contributed by atoms with Crippen LogP contribution in [0.1, 0.15) is 60.5 Å². The topological polar surface area (TPSA) is 86.7 Å². The van der Waals surface area contributed by atoms with Crippen molar-refractivity contribution < 1.29 is 33.1 Å². The first-order valence-electron chi connectivity index (χ1n) is 15.0. The first kappa shape index (κ1) is 32.4. The molecule has 1 saturated heterocycles. The Hall–Kier alpha value is -2.53. The second-order valence-electron chi connectivity index (χ2n) is 14.0. The molecular weight excluding hydrogens is 549 g/mol. The van der Waals surface area contributed by atoms with E-state index in [4.69, 9.17) is 23.2 Å². The third-order valence-corrected chi connectivity index (χ3v) is 13.7. The quantitative estimate of drug-likeness (QED) is 0.330. The molecule has 2 aliphatic rings. The zero-order chi connectivity index (χ0) is 30.9. The molecule has 2 aromatic rings. The van der Waals surface area contributed by atoms with Crippen LogP contribution in [0.5, 0.6) is 11.5 Å². The number of ether oxygens (including phenoxy) is 2. The fourth-order valence-corrected chi connectivity index (χ4v) is 6.19. The van der Waals surface area contributed by atoms with E-state index in [2.05, 4.69) is 39.9 Å². The smallest absolute Gasteiger partial charge is 0.491 e. The number of hydrogen-bond acceptors (Lipinski definition) is 6. The van der Waals surface area contributed by atoms with Crippen molar-refractivity contribution >= 4 is 27.0 Å². The molecule has 0 aromatic heterocycles. The summed E-state index contributed by atoms with van der Waals surface area (Å²) in [6, 6.07) is 15.6. The van der Waals surface area contributed by atoms with Crippen molar-refractivity contribution in [1.29, 1.82) is 0 Å². The van der Waals surface area contributed by atoms with Gasteiger partial charge in [0.15, 0.2) is 8.32 Å². The van der Waals surface area contributed by atoms with Crippen molar-refractivity contribution in [2.24, 2.45) is 0 Å². The molecule has 2 atom stereocenters. The fourth-order valence-electron chi connectivity index (χ4n) is 4.86. The van der Waals surface area contributed by atoms with Crippen LogP contribution in [-0.2, 0) is 20.2 Å². The van der Waals surface area contributed by atoms with Crippen LogP contribution in [0.25, 0.3) is 0 Å². The predicted molar refractivity (Wildman–Crippen MR) is 168 cm³/mol. The van der Waals surface area contributed by atoms with Gasteiger partial charge in [0, 0.05) is 0 Å². The molecular formula is C32H48BNO7Si. The van der Waals surface area contributed by atoms with Crippen LogP contribution in [0, 0.1) is 0 Å². The minimum atomic E-state index is -2.19. The van der Waals surface area contributed by atoms with Crippen molar-refractivity contribution in [3.63, 3.8) is 0 Å². The van der Waals surface area contributed by atoms with Gasteiger partial charge in [-0.15, -0.1) is 0 Å². The maximum absolute atomic E-state index is 12.4. The van der Waals surface area contributed by atoms with Crippen LogP contribution in [0.3, 0.4) is 0 Å². The average Bonchev–Trinajstić information content (AvgIpc) is 3.12. The van der Waals surface area contributed by atoms with E-state index in [1.165, 1.54) is 4.90 Å². The number of fused-ring (bicyclic) bond motifs is 1. The minimum Gasteiger partial charge on any atom is -0.491 e. The summed E-state index contributed by atoms with van der Waals surface area (Å²) in [5.74, 6) is 1.51. The molecule has 230 valence electrons. The van der Waals surface area contributed by atoms with E-state index in [-0.39, 0.29) is 30.8 Å². The summed E-state index contributed by atoms with van der Waals surface area (Å²) in [4.78, 5) is 13.9. The summed E-state index contributed by atoms with van der Waals surface area (Å²) in [7, 11) is -2.63. The molecule has 2 aliphatic heterocycles. The van der Waals surface area contributed by atoms with Gasteiger partial charge in [0.2, 0.25) is 0 Å². The van der Waals surface area contributed by atoms with E-state index in [1.54, 1.807) is 0 Å². The SMILES string of the molecule is CC1(C)OB(c2ccc3c(c2)CC[C@@H](CN(C[C@@H](COc2ccccc2)O[Si](C)(C)C(C)(C)C)C(=O)O)O3)OC1(C)C. The largest absolute Gasteiger partial charge is 0.494 e. The van der Waals surface area contributed by atoms with E-state index in [9.17, 15) is 9.90 Å². The zero-order valence-electron chi connectivity index (χ0n) is 26.7. The Morgan fingerprint density at radius 2 is 1.74 bits per heavy atom. The number of benzene rings is 2. The van der Waals surface area contributed by atoms with Gasteiger partial charge in [-0.3, -0.25) is 0 Å². The highest BCUT2D eigenvalue weighted by Gasteiger charge is 2.52. The standard InChI is InChI=1S/C32H48BNO7Si/c1-30(2,3)42(8,9)39-27(22-37-25-13-11-10-12-14-25)21-34(29(35)36)20-26-17-15-23-19-24(16-18-28(23)38-26)33-40-31(4,5)32(6,7)41-33/h10-14,16,18-19,26-27H,15,17,20-22H2,1-9H3,(H,35,36)/t26-,27-/m0/s1. The molecule has 42 heavy (non-hydrogen) atoms. The van der Waals surface area contributed by atoms with Crippen LogP contribution in [0.15, 0.2) is 48.5 Å². The van der Waals surface area contributed by atoms with Gasteiger partial charge in [0.05, 0.1) is 30.4 Å². The van der Waals surface area contributed by atoms with Gasteiger partial charge in [-0.1, -0.05) is 51.1 Å². The Morgan fingerprint density at radius 3 is 2.33 bits per heavy atom. The third-order valence-electron chi connectivity index (χ3n) is 9.20. The Morgan fingerprint density at radius 1 is 1.10 bits per heavy atom. The van der Waals surface area contributed by atoms with E-state index in [1.807, 2.05) is 70.2 Å². The maximum Gasteiger partial charge on any atom is 0.494 e. The van der Waals surface area contributed by atoms with Crippen LogP contribution in [0.4, 0.5) is 4.79 Å². The maximum atomic E-state index is 12.4. The highest BCUT2D eigenvalue weighted by molar-refractivity contribution is 6.74. The monoisotopic (exact) mass is 597 g/mol. The van der Waals surface area contributed by atoms with E-state index < -0.39 is 38.8 Å².